The second kappa shape index (κ2) is 10.7. The molecule has 0 radical (unpaired) electrons. The number of phenolic OH excluding ortho intramolecular Hbond substituents is 1. The molecule has 1 aromatic heterocycles. The van der Waals surface area contributed by atoms with Gasteiger partial charge in [0.25, 0.3) is 5.91 Å². The van der Waals surface area contributed by atoms with Crippen molar-refractivity contribution in [1.29, 1.82) is 5.41 Å². The van der Waals surface area contributed by atoms with Crippen LogP contribution in [0.4, 0.5) is 5.13 Å². The number of amides is 1. The number of hydrogen-bond donors (Lipinski definition) is 5. The average Bonchev–Trinajstić information content (AvgIpc) is 3.22. The number of anilines is 1. The normalized spacial score (nSPS) is 17.3. The quantitative estimate of drug-likeness (QED) is 0.0597. The van der Waals surface area contributed by atoms with Crippen LogP contribution in [0.1, 0.15) is 31.5 Å². The highest BCUT2D eigenvalue weighted by atomic mass is 32.3. The summed E-state index contributed by atoms with van der Waals surface area (Å²) in [5, 5.41) is 23.2. The number of Topliss-reactive ketones (excluding diaryl/α,β-unsaturated/α-hetero) is 1. The van der Waals surface area contributed by atoms with E-state index in [4.69, 9.17) is 31.0 Å². The van der Waals surface area contributed by atoms with E-state index in [9.17, 15) is 23.1 Å². The molecule has 0 aliphatic carbocycles. The number of amidine groups is 1. The van der Waals surface area contributed by atoms with E-state index in [2.05, 4.69) is 14.4 Å². The number of β-lactam (4-membered cyclic amide) rings is 1. The van der Waals surface area contributed by atoms with Gasteiger partial charge in [-0.3, -0.25) is 19.6 Å². The molecule has 1 unspecified atom stereocenters. The van der Waals surface area contributed by atoms with Gasteiger partial charge in [0.1, 0.15) is 29.6 Å². The van der Waals surface area contributed by atoms with Gasteiger partial charge in [0.15, 0.2) is 23.2 Å². The molecule has 37 heavy (non-hydrogen) atoms. The van der Waals surface area contributed by atoms with Gasteiger partial charge in [0.05, 0.1) is 17.0 Å². The maximum absolute atomic E-state index is 13.0. The van der Waals surface area contributed by atoms with Crippen molar-refractivity contribution in [3.05, 3.63) is 34.8 Å². The number of ketones is 1. The summed E-state index contributed by atoms with van der Waals surface area (Å²) in [4.78, 5) is 34.7. The summed E-state index contributed by atoms with van der Waals surface area (Å²) in [7, 11) is -4.93. The lowest BCUT2D eigenvalue weighted by Crippen LogP contribution is -2.68. The van der Waals surface area contributed by atoms with E-state index in [0.717, 1.165) is 11.3 Å². The van der Waals surface area contributed by atoms with Crippen molar-refractivity contribution >= 4 is 50.1 Å². The number of aromatic nitrogens is 1. The summed E-state index contributed by atoms with van der Waals surface area (Å²) in [6.45, 7) is 2.78. The highest BCUT2D eigenvalue weighted by Gasteiger charge is 2.57. The van der Waals surface area contributed by atoms with Crippen LogP contribution in [-0.4, -0.2) is 70.1 Å². The number of carbonyl (C=O) groups excluding carboxylic acids is 2. The van der Waals surface area contributed by atoms with Crippen molar-refractivity contribution in [1.82, 2.24) is 10.0 Å². The lowest BCUT2D eigenvalue weighted by atomic mass is 9.74. The van der Waals surface area contributed by atoms with Gasteiger partial charge in [0.2, 0.25) is 0 Å². The molecule has 1 aliphatic rings. The molecule has 2 heterocycles. The fraction of sp³-hybridized carbons (Fsp3) is 0.350. The zero-order valence-corrected chi connectivity index (χ0v) is 21.2. The van der Waals surface area contributed by atoms with Gasteiger partial charge < -0.3 is 26.1 Å². The second-order valence-electron chi connectivity index (χ2n) is 8.25. The van der Waals surface area contributed by atoms with E-state index in [1.165, 1.54) is 37.4 Å². The third kappa shape index (κ3) is 6.50. The molecule has 1 aliphatic heterocycles. The Balaban J connectivity index is 1.65. The summed E-state index contributed by atoms with van der Waals surface area (Å²) < 4.78 is 40.6. The maximum Gasteiger partial charge on any atom is 0.418 e. The summed E-state index contributed by atoms with van der Waals surface area (Å²) in [5.41, 5.74) is 9.84. The van der Waals surface area contributed by atoms with Crippen LogP contribution in [-0.2, 0) is 29.1 Å². The van der Waals surface area contributed by atoms with Gasteiger partial charge >= 0.3 is 10.4 Å². The summed E-state index contributed by atoms with van der Waals surface area (Å²) in [5.74, 6) is -2.67. The highest BCUT2D eigenvalue weighted by molar-refractivity contribution is 7.80. The van der Waals surface area contributed by atoms with Crippen LogP contribution < -0.4 is 16.2 Å². The van der Waals surface area contributed by atoms with Crippen molar-refractivity contribution in [2.75, 3.05) is 18.9 Å². The summed E-state index contributed by atoms with van der Waals surface area (Å²) >= 11 is 1.06. The number of ether oxygens (including phenoxy) is 1. The minimum Gasteiger partial charge on any atom is -0.507 e. The number of hydrogen-bond acceptors (Lipinski definition) is 13. The number of benzene rings is 1. The summed E-state index contributed by atoms with van der Waals surface area (Å²) in [6, 6.07) is 4.19. The fourth-order valence-electron chi connectivity index (χ4n) is 3.42. The minimum absolute atomic E-state index is 0.0287. The molecule has 0 bridgehead atoms. The first-order chi connectivity index (χ1) is 17.2. The zero-order chi connectivity index (χ0) is 27.5. The SMILES string of the molecule is CC1(C)C(CC(=O)/C(=N\OCCOc2ccc(C(=N)N)c(O)c2)c2csc(N)n2)C(=O)N1OS(=O)(=O)O. The predicted octanol–water partition coefficient (Wildman–Crippen LogP) is 0.445. The van der Waals surface area contributed by atoms with Crippen molar-refractivity contribution in [2.24, 2.45) is 16.8 Å². The van der Waals surface area contributed by atoms with Crippen LogP contribution in [0.15, 0.2) is 28.7 Å². The van der Waals surface area contributed by atoms with E-state index in [1.807, 2.05) is 0 Å². The standard InChI is InChI=1S/C20H24N6O9S2/c1-20(2)12(18(29)26(20)35-37(30,31)32)8-15(28)16(13-9-36-19(23)24-13)25-34-6-5-33-10-3-4-11(17(21)22)14(27)7-10/h3-4,7,9,12,27H,5-6,8H2,1-2H3,(H3,21,22)(H2,23,24)(H,30,31,32)/b25-16-. The van der Waals surface area contributed by atoms with Gasteiger partial charge in [-0.15, -0.1) is 15.6 Å². The van der Waals surface area contributed by atoms with E-state index in [-0.39, 0.29) is 59.1 Å². The van der Waals surface area contributed by atoms with Gasteiger partial charge in [-0.2, -0.15) is 13.5 Å². The monoisotopic (exact) mass is 556 g/mol. The molecule has 0 saturated carbocycles. The largest absolute Gasteiger partial charge is 0.507 e. The number of nitrogens with two attached hydrogens (primary N) is 2. The van der Waals surface area contributed by atoms with Crippen LogP contribution in [0.5, 0.6) is 11.5 Å². The molecular weight excluding hydrogens is 532 g/mol. The number of nitrogen functional groups attached to an aromatic ring is 2. The van der Waals surface area contributed by atoms with Crippen molar-refractivity contribution in [2.45, 2.75) is 25.8 Å². The topological polar surface area (TPSA) is 241 Å². The number of thiazole rings is 1. The molecule has 3 rings (SSSR count). The third-order valence-corrected chi connectivity index (χ3v) is 6.33. The van der Waals surface area contributed by atoms with Crippen LogP contribution in [0.25, 0.3) is 0 Å². The number of carbonyl (C=O) groups is 2. The fourth-order valence-corrected chi connectivity index (χ4v) is 4.42. The lowest BCUT2D eigenvalue weighted by Gasteiger charge is -2.50. The predicted molar refractivity (Wildman–Crippen MR) is 130 cm³/mol. The van der Waals surface area contributed by atoms with Gasteiger partial charge in [0, 0.05) is 17.9 Å². The second-order valence-corrected chi connectivity index (χ2v) is 10.1. The van der Waals surface area contributed by atoms with Crippen molar-refractivity contribution in [3.63, 3.8) is 0 Å². The number of aromatic hydroxyl groups is 1. The molecule has 15 nitrogen and oxygen atoms in total. The third-order valence-electron chi connectivity index (χ3n) is 5.32. The van der Waals surface area contributed by atoms with Crippen LogP contribution in [0.3, 0.4) is 0 Å². The van der Waals surface area contributed by atoms with E-state index < -0.39 is 33.5 Å². The molecule has 0 spiro atoms. The van der Waals surface area contributed by atoms with Crippen LogP contribution in [0.2, 0.25) is 0 Å². The smallest absolute Gasteiger partial charge is 0.418 e. The molecule has 7 N–H and O–H groups in total. The number of nitrogens with one attached hydrogen (secondary N) is 1. The molecule has 1 aromatic carbocycles. The van der Waals surface area contributed by atoms with E-state index in [0.29, 0.717) is 5.06 Å². The number of nitrogens with zero attached hydrogens (tertiary/aromatic N) is 3. The molecular formula is C20H24N6O9S2. The number of hydroxylamine groups is 2. The average molecular weight is 557 g/mol. The zero-order valence-electron chi connectivity index (χ0n) is 19.6. The first kappa shape index (κ1) is 27.8. The Kier molecular flexibility index (Phi) is 8.01. The number of oxime groups is 1. The van der Waals surface area contributed by atoms with Crippen LogP contribution >= 0.6 is 11.3 Å². The van der Waals surface area contributed by atoms with Gasteiger partial charge in [-0.1, -0.05) is 5.16 Å². The Morgan fingerprint density at radius 3 is 2.59 bits per heavy atom. The first-order valence-electron chi connectivity index (χ1n) is 10.5. The Bertz CT molecular complexity index is 1360. The van der Waals surface area contributed by atoms with Gasteiger partial charge in [-0.25, -0.2) is 4.98 Å². The Labute approximate surface area is 215 Å². The van der Waals surface area contributed by atoms with Crippen molar-refractivity contribution < 1.29 is 41.5 Å². The number of phenols is 1. The Morgan fingerprint density at radius 1 is 1.35 bits per heavy atom. The highest BCUT2D eigenvalue weighted by Crippen LogP contribution is 2.40. The van der Waals surface area contributed by atoms with Crippen molar-refractivity contribution in [3.8, 4) is 11.5 Å². The van der Waals surface area contributed by atoms with Crippen LogP contribution in [0, 0.1) is 11.3 Å². The number of rotatable bonds is 12. The maximum atomic E-state index is 13.0. The minimum atomic E-state index is -4.93. The Hall–Kier alpha value is -3.80. The van der Waals surface area contributed by atoms with E-state index in [1.54, 1.807) is 0 Å². The molecule has 1 atom stereocenters. The lowest BCUT2D eigenvalue weighted by molar-refractivity contribution is -0.228. The molecule has 1 amide bonds. The van der Waals surface area contributed by atoms with E-state index >= 15 is 0 Å². The molecule has 200 valence electrons. The molecule has 2 aromatic rings. The molecule has 17 heteroatoms. The summed E-state index contributed by atoms with van der Waals surface area (Å²) in [6.07, 6.45) is -0.380. The molecule has 1 fully saturated rings. The molecule has 1 saturated heterocycles. The first-order valence-corrected chi connectivity index (χ1v) is 12.7. The van der Waals surface area contributed by atoms with Gasteiger partial charge in [-0.05, 0) is 26.0 Å². The Morgan fingerprint density at radius 2 is 2.05 bits per heavy atom.